The van der Waals surface area contributed by atoms with Crippen LogP contribution in [-0.2, 0) is 10.2 Å². The van der Waals surface area contributed by atoms with Gasteiger partial charge in [0.25, 0.3) is 0 Å². The van der Waals surface area contributed by atoms with Crippen LogP contribution < -0.4 is 11.3 Å². The maximum atomic E-state index is 11.9. The lowest BCUT2D eigenvalue weighted by molar-refractivity contribution is -0.131. The van der Waals surface area contributed by atoms with Crippen molar-refractivity contribution in [3.63, 3.8) is 0 Å². The summed E-state index contributed by atoms with van der Waals surface area (Å²) in [6, 6.07) is 1.84. The molecule has 0 bridgehead atoms. The van der Waals surface area contributed by atoms with Crippen molar-refractivity contribution in [3.8, 4) is 0 Å². The highest BCUT2D eigenvalue weighted by molar-refractivity contribution is 9.10. The number of nitrogens with one attached hydrogen (secondary N) is 1. The molecular formula is C11H13BrClN3O. The average molecular weight is 319 g/mol. The van der Waals surface area contributed by atoms with E-state index < -0.39 is 5.41 Å². The molecule has 3 N–H and O–H groups in total. The predicted octanol–water partition coefficient (Wildman–Crippen LogP) is 2.16. The summed E-state index contributed by atoms with van der Waals surface area (Å²) in [5.41, 5.74) is 2.55. The van der Waals surface area contributed by atoms with Gasteiger partial charge in [-0.15, -0.1) is 0 Å². The van der Waals surface area contributed by atoms with E-state index >= 15 is 0 Å². The van der Waals surface area contributed by atoms with Crippen LogP contribution in [0, 0.1) is 5.92 Å². The molecule has 2 rings (SSSR count). The molecule has 0 saturated heterocycles. The molecule has 0 atom stereocenters. The molecule has 1 saturated carbocycles. The number of hydrazine groups is 1. The minimum absolute atomic E-state index is 0.161. The summed E-state index contributed by atoms with van der Waals surface area (Å²) in [5, 5.41) is 0.393. The number of carbonyl (C=O) groups excluding carboxylic acids is 1. The Morgan fingerprint density at radius 2 is 2.35 bits per heavy atom. The Kier molecular flexibility index (Phi) is 3.43. The topological polar surface area (TPSA) is 68.0 Å². The van der Waals surface area contributed by atoms with Gasteiger partial charge in [0.05, 0.1) is 9.89 Å². The fourth-order valence-corrected chi connectivity index (χ4v) is 2.96. The highest BCUT2D eigenvalue weighted by Gasteiger charge is 2.49. The first kappa shape index (κ1) is 12.8. The van der Waals surface area contributed by atoms with Gasteiger partial charge in [0.1, 0.15) is 5.15 Å². The molecule has 92 valence electrons. The number of pyridine rings is 1. The van der Waals surface area contributed by atoms with Gasteiger partial charge in [-0.3, -0.25) is 10.2 Å². The van der Waals surface area contributed by atoms with Crippen molar-refractivity contribution in [2.75, 3.05) is 0 Å². The Labute approximate surface area is 113 Å². The van der Waals surface area contributed by atoms with Crippen LogP contribution in [0.15, 0.2) is 16.7 Å². The van der Waals surface area contributed by atoms with E-state index in [4.69, 9.17) is 17.4 Å². The molecular weight excluding hydrogens is 305 g/mol. The molecule has 1 aliphatic rings. The van der Waals surface area contributed by atoms with E-state index in [-0.39, 0.29) is 5.91 Å². The predicted molar refractivity (Wildman–Crippen MR) is 69.4 cm³/mol. The van der Waals surface area contributed by atoms with E-state index in [9.17, 15) is 4.79 Å². The molecule has 1 aromatic heterocycles. The number of carbonyl (C=O) groups is 1. The van der Waals surface area contributed by atoms with Crippen molar-refractivity contribution in [2.24, 2.45) is 11.8 Å². The SMILES string of the molecule is CC1CC(C(=O)NN)(c2cnc(Cl)c(Br)c2)C1. The monoisotopic (exact) mass is 317 g/mol. The van der Waals surface area contributed by atoms with Gasteiger partial charge in [0.2, 0.25) is 5.91 Å². The average Bonchev–Trinajstić information content (AvgIpc) is 2.27. The smallest absolute Gasteiger partial charge is 0.244 e. The number of rotatable bonds is 2. The molecule has 1 aliphatic carbocycles. The second kappa shape index (κ2) is 4.55. The highest BCUT2D eigenvalue weighted by atomic mass is 79.9. The van der Waals surface area contributed by atoms with E-state index in [1.807, 2.05) is 6.07 Å². The van der Waals surface area contributed by atoms with Gasteiger partial charge < -0.3 is 0 Å². The van der Waals surface area contributed by atoms with Crippen molar-refractivity contribution < 1.29 is 4.79 Å². The minimum Gasteiger partial charge on any atom is -0.293 e. The third-order valence-corrected chi connectivity index (χ3v) is 4.44. The number of nitrogens with zero attached hydrogens (tertiary/aromatic N) is 1. The van der Waals surface area contributed by atoms with Crippen LogP contribution in [0.5, 0.6) is 0 Å². The number of halogens is 2. The molecule has 1 fully saturated rings. The largest absolute Gasteiger partial charge is 0.293 e. The number of hydrogen-bond acceptors (Lipinski definition) is 3. The Morgan fingerprint density at radius 3 is 2.82 bits per heavy atom. The Morgan fingerprint density at radius 1 is 1.71 bits per heavy atom. The van der Waals surface area contributed by atoms with E-state index in [2.05, 4.69) is 33.3 Å². The quantitative estimate of drug-likeness (QED) is 0.380. The molecule has 0 spiro atoms. The minimum atomic E-state index is -0.547. The maximum absolute atomic E-state index is 11.9. The normalized spacial score (nSPS) is 27.4. The Hall–Kier alpha value is -0.650. The lowest BCUT2D eigenvalue weighted by Gasteiger charge is -2.44. The van der Waals surface area contributed by atoms with Gasteiger partial charge >= 0.3 is 0 Å². The zero-order valence-electron chi connectivity index (χ0n) is 9.34. The van der Waals surface area contributed by atoms with E-state index in [1.54, 1.807) is 6.20 Å². The van der Waals surface area contributed by atoms with Crippen LogP contribution in [0.2, 0.25) is 5.15 Å². The maximum Gasteiger partial charge on any atom is 0.244 e. The van der Waals surface area contributed by atoms with Gasteiger partial charge in [-0.25, -0.2) is 10.8 Å². The number of aromatic nitrogens is 1. The summed E-state index contributed by atoms with van der Waals surface area (Å²) in [6.45, 7) is 2.11. The lowest BCUT2D eigenvalue weighted by Crippen LogP contribution is -2.54. The standard InChI is InChI=1S/C11H13BrClN3O/c1-6-3-11(4-6,10(17)16-14)7-2-8(12)9(13)15-5-7/h2,5-6H,3-4,14H2,1H3,(H,16,17). The number of amides is 1. The van der Waals surface area contributed by atoms with Crippen LogP contribution >= 0.6 is 27.5 Å². The van der Waals surface area contributed by atoms with E-state index in [1.165, 1.54) is 0 Å². The fraction of sp³-hybridized carbons (Fsp3) is 0.455. The summed E-state index contributed by atoms with van der Waals surface area (Å²) in [4.78, 5) is 16.0. The van der Waals surface area contributed by atoms with Gasteiger partial charge in [-0.2, -0.15) is 0 Å². The molecule has 0 aromatic carbocycles. The van der Waals surface area contributed by atoms with Crippen LogP contribution in [0.25, 0.3) is 0 Å². The molecule has 17 heavy (non-hydrogen) atoms. The third kappa shape index (κ3) is 2.07. The van der Waals surface area contributed by atoms with Gasteiger partial charge in [-0.05, 0) is 46.3 Å². The molecule has 0 unspecified atom stereocenters. The first-order chi connectivity index (χ1) is 7.99. The third-order valence-electron chi connectivity index (χ3n) is 3.31. The van der Waals surface area contributed by atoms with Gasteiger partial charge in [0, 0.05) is 6.20 Å². The molecule has 6 heteroatoms. The first-order valence-corrected chi connectivity index (χ1v) is 6.49. The van der Waals surface area contributed by atoms with Crippen LogP contribution in [0.4, 0.5) is 0 Å². The Balaban J connectivity index is 2.40. The van der Waals surface area contributed by atoms with Crippen LogP contribution in [-0.4, -0.2) is 10.9 Å². The molecule has 1 aromatic rings. The molecule has 0 aliphatic heterocycles. The van der Waals surface area contributed by atoms with Crippen molar-refractivity contribution in [1.29, 1.82) is 0 Å². The zero-order chi connectivity index (χ0) is 12.6. The lowest BCUT2D eigenvalue weighted by atomic mass is 9.59. The summed E-state index contributed by atoms with van der Waals surface area (Å²) < 4.78 is 0.695. The number of nitrogens with two attached hydrogens (primary N) is 1. The Bertz CT molecular complexity index is 460. The van der Waals surface area contributed by atoms with Crippen molar-refractivity contribution in [3.05, 3.63) is 27.5 Å². The second-order valence-electron chi connectivity index (χ2n) is 4.57. The van der Waals surface area contributed by atoms with Gasteiger partial charge in [0.15, 0.2) is 0 Å². The van der Waals surface area contributed by atoms with Crippen molar-refractivity contribution >= 4 is 33.4 Å². The number of hydrogen-bond donors (Lipinski definition) is 2. The fourth-order valence-electron chi connectivity index (χ4n) is 2.50. The summed E-state index contributed by atoms with van der Waals surface area (Å²) in [5.74, 6) is 5.62. The summed E-state index contributed by atoms with van der Waals surface area (Å²) in [6.07, 6.45) is 3.21. The van der Waals surface area contributed by atoms with E-state index in [0.717, 1.165) is 18.4 Å². The summed E-state index contributed by atoms with van der Waals surface area (Å²) in [7, 11) is 0. The second-order valence-corrected chi connectivity index (χ2v) is 5.78. The van der Waals surface area contributed by atoms with Crippen LogP contribution in [0.3, 0.4) is 0 Å². The van der Waals surface area contributed by atoms with Crippen molar-refractivity contribution in [2.45, 2.75) is 25.2 Å². The highest BCUT2D eigenvalue weighted by Crippen LogP contribution is 2.48. The van der Waals surface area contributed by atoms with E-state index in [0.29, 0.717) is 15.5 Å². The molecule has 1 amide bonds. The van der Waals surface area contributed by atoms with Crippen molar-refractivity contribution in [1.82, 2.24) is 10.4 Å². The molecule has 1 heterocycles. The van der Waals surface area contributed by atoms with Gasteiger partial charge in [-0.1, -0.05) is 18.5 Å². The first-order valence-electron chi connectivity index (χ1n) is 5.32. The molecule has 0 radical (unpaired) electrons. The summed E-state index contributed by atoms with van der Waals surface area (Å²) >= 11 is 9.17. The van der Waals surface area contributed by atoms with Crippen LogP contribution in [0.1, 0.15) is 25.3 Å². The molecule has 4 nitrogen and oxygen atoms in total. The zero-order valence-corrected chi connectivity index (χ0v) is 11.7.